The lowest BCUT2D eigenvalue weighted by atomic mass is 10.2. The average molecular weight is 341 g/mol. The Morgan fingerprint density at radius 1 is 0.720 bits per heavy atom. The van der Waals surface area contributed by atoms with E-state index in [9.17, 15) is 0 Å². The van der Waals surface area contributed by atoms with Gasteiger partial charge in [0.05, 0.1) is 0 Å². The molecule has 0 saturated heterocycles. The molecule has 0 radical (unpaired) electrons. The fraction of sp³-hybridized carbons (Fsp3) is 0.211. The van der Waals surface area contributed by atoms with E-state index in [4.69, 9.17) is 14.2 Å². The predicted molar refractivity (Wildman–Crippen MR) is 98.1 cm³/mol. The molecule has 1 aromatic heterocycles. The molecule has 6 nitrogen and oxygen atoms in total. The van der Waals surface area contributed by atoms with Gasteiger partial charge in [0.15, 0.2) is 0 Å². The van der Waals surface area contributed by atoms with Gasteiger partial charge in [0, 0.05) is 0 Å². The molecule has 0 aliphatic carbocycles. The molecule has 132 valence electrons. The molecule has 0 aliphatic rings. The summed E-state index contributed by atoms with van der Waals surface area (Å²) >= 11 is 0. The van der Waals surface area contributed by atoms with Crippen LogP contribution in [-0.2, 0) is 0 Å². The first-order valence-corrected chi connectivity index (χ1v) is 7.68. The molecule has 0 fully saturated rings. The number of hydrogen-bond donors (Lipinski definition) is 0. The number of aromatic nitrogens is 3. The summed E-state index contributed by atoms with van der Waals surface area (Å²) in [5.74, 6) is 0. The van der Waals surface area contributed by atoms with Crippen molar-refractivity contribution in [1.29, 1.82) is 0 Å². The molecule has 0 N–H and O–H groups in total. The summed E-state index contributed by atoms with van der Waals surface area (Å²) in [5, 5.41) is 0. The van der Waals surface area contributed by atoms with Crippen molar-refractivity contribution in [2.75, 3.05) is 19.8 Å². The lowest BCUT2D eigenvalue weighted by Gasteiger charge is -2.07. The number of aryl methyl sites for hydroxylation is 1. The molecule has 0 atom stereocenters. The normalized spacial score (nSPS) is 9.16. The lowest BCUT2D eigenvalue weighted by molar-refractivity contribution is 0.268. The first-order valence-electron chi connectivity index (χ1n) is 7.68. The topological polar surface area (TPSA) is 66.4 Å². The van der Waals surface area contributed by atoms with E-state index < -0.39 is 0 Å². The van der Waals surface area contributed by atoms with Gasteiger partial charge < -0.3 is 14.2 Å². The number of benzene rings is 1. The van der Waals surface area contributed by atoms with E-state index in [0.717, 1.165) is 0 Å². The Kier molecular flexibility index (Phi) is 9.78. The van der Waals surface area contributed by atoms with Crippen LogP contribution in [0.5, 0.6) is 18.0 Å². The second kappa shape index (κ2) is 12.3. The highest BCUT2D eigenvalue weighted by molar-refractivity contribution is 5.12. The molecule has 1 heterocycles. The minimum Gasteiger partial charge on any atom is -0.459 e. The fourth-order valence-electron chi connectivity index (χ4n) is 1.45. The monoisotopic (exact) mass is 341 g/mol. The lowest BCUT2D eigenvalue weighted by Crippen LogP contribution is -2.07. The highest BCUT2D eigenvalue weighted by Gasteiger charge is 2.08. The largest absolute Gasteiger partial charge is 0.459 e. The van der Waals surface area contributed by atoms with E-state index in [2.05, 4.69) is 53.7 Å². The van der Waals surface area contributed by atoms with Gasteiger partial charge in [0.25, 0.3) is 0 Å². The van der Waals surface area contributed by atoms with Crippen molar-refractivity contribution in [3.8, 4) is 18.0 Å². The van der Waals surface area contributed by atoms with Crippen LogP contribution in [0.4, 0.5) is 0 Å². The Balaban J connectivity index is 0.000000370. The van der Waals surface area contributed by atoms with Gasteiger partial charge in [0.1, 0.15) is 19.8 Å². The highest BCUT2D eigenvalue weighted by atomic mass is 16.5. The molecular formula is C19H23N3O3. The Labute approximate surface area is 148 Å². The van der Waals surface area contributed by atoms with Crippen LogP contribution in [0.2, 0.25) is 0 Å². The molecule has 0 unspecified atom stereocenters. The summed E-state index contributed by atoms with van der Waals surface area (Å²) in [7, 11) is 0. The van der Waals surface area contributed by atoms with Crippen molar-refractivity contribution in [3.63, 3.8) is 0 Å². The Morgan fingerprint density at radius 2 is 1.08 bits per heavy atom. The smallest absolute Gasteiger partial charge is 0.326 e. The van der Waals surface area contributed by atoms with Gasteiger partial charge in [-0.1, -0.05) is 73.9 Å². The van der Waals surface area contributed by atoms with Gasteiger partial charge in [-0.05, 0) is 6.92 Å². The van der Waals surface area contributed by atoms with Crippen LogP contribution in [0.1, 0.15) is 5.56 Å². The van der Waals surface area contributed by atoms with E-state index in [-0.39, 0.29) is 37.9 Å². The van der Waals surface area contributed by atoms with Crippen LogP contribution in [0.15, 0.2) is 68.3 Å². The number of hydrogen-bond acceptors (Lipinski definition) is 6. The SMILES string of the molecule is C=CCOc1nc(OCC=C)nc(OCC=C)n1.Cc1ccccc1. The van der Waals surface area contributed by atoms with Gasteiger partial charge in [-0.15, -0.1) is 15.0 Å². The maximum atomic E-state index is 5.20. The molecule has 25 heavy (non-hydrogen) atoms. The minimum absolute atomic E-state index is 0.114. The van der Waals surface area contributed by atoms with Gasteiger partial charge in [0.2, 0.25) is 0 Å². The number of rotatable bonds is 9. The number of ether oxygens (including phenoxy) is 3. The third-order valence-electron chi connectivity index (χ3n) is 2.51. The van der Waals surface area contributed by atoms with Gasteiger partial charge in [-0.2, -0.15) is 0 Å². The third-order valence-corrected chi connectivity index (χ3v) is 2.51. The van der Waals surface area contributed by atoms with Crippen molar-refractivity contribution in [2.24, 2.45) is 0 Å². The van der Waals surface area contributed by atoms with E-state index in [1.165, 1.54) is 5.56 Å². The summed E-state index contributed by atoms with van der Waals surface area (Å²) in [6.07, 6.45) is 4.75. The first-order chi connectivity index (χ1) is 12.2. The third kappa shape index (κ3) is 8.90. The molecule has 6 heteroatoms. The van der Waals surface area contributed by atoms with Crippen LogP contribution < -0.4 is 14.2 Å². The van der Waals surface area contributed by atoms with Crippen LogP contribution in [-0.4, -0.2) is 34.8 Å². The van der Waals surface area contributed by atoms with E-state index in [1.54, 1.807) is 18.2 Å². The maximum Gasteiger partial charge on any atom is 0.326 e. The van der Waals surface area contributed by atoms with Crippen molar-refractivity contribution >= 4 is 0 Å². The first kappa shape index (κ1) is 19.9. The zero-order valence-corrected chi connectivity index (χ0v) is 14.4. The second-order valence-corrected chi connectivity index (χ2v) is 4.64. The van der Waals surface area contributed by atoms with Crippen molar-refractivity contribution < 1.29 is 14.2 Å². The zero-order valence-electron chi connectivity index (χ0n) is 14.4. The van der Waals surface area contributed by atoms with Crippen molar-refractivity contribution in [1.82, 2.24) is 15.0 Å². The van der Waals surface area contributed by atoms with Crippen LogP contribution in [0.3, 0.4) is 0 Å². The van der Waals surface area contributed by atoms with Crippen LogP contribution >= 0.6 is 0 Å². The minimum atomic E-state index is 0.114. The Morgan fingerprint density at radius 3 is 1.32 bits per heavy atom. The quantitative estimate of drug-likeness (QED) is 0.650. The molecular weight excluding hydrogens is 318 g/mol. The van der Waals surface area contributed by atoms with E-state index in [1.807, 2.05) is 18.2 Å². The maximum absolute atomic E-state index is 5.20. The Hall–Kier alpha value is -3.15. The predicted octanol–water partition coefficient (Wildman–Crippen LogP) is 3.56. The van der Waals surface area contributed by atoms with Crippen LogP contribution in [0.25, 0.3) is 0 Å². The van der Waals surface area contributed by atoms with E-state index in [0.29, 0.717) is 0 Å². The molecule has 0 amide bonds. The molecule has 2 rings (SSSR count). The molecule has 0 bridgehead atoms. The van der Waals surface area contributed by atoms with Crippen molar-refractivity contribution in [3.05, 3.63) is 73.9 Å². The zero-order chi connectivity index (χ0) is 18.3. The molecule has 0 saturated carbocycles. The summed E-state index contributed by atoms with van der Waals surface area (Å²) in [6.45, 7) is 13.5. The summed E-state index contributed by atoms with van der Waals surface area (Å²) in [5.41, 5.74) is 1.32. The van der Waals surface area contributed by atoms with Gasteiger partial charge in [-0.25, -0.2) is 0 Å². The van der Waals surface area contributed by atoms with Gasteiger partial charge >= 0.3 is 18.0 Å². The molecule has 0 aliphatic heterocycles. The van der Waals surface area contributed by atoms with E-state index >= 15 is 0 Å². The summed E-state index contributed by atoms with van der Waals surface area (Å²) in [6, 6.07) is 10.6. The molecule has 0 spiro atoms. The number of nitrogens with zero attached hydrogens (tertiary/aromatic N) is 3. The fourth-order valence-corrected chi connectivity index (χ4v) is 1.45. The Bertz CT molecular complexity index is 586. The highest BCUT2D eigenvalue weighted by Crippen LogP contribution is 2.14. The van der Waals surface area contributed by atoms with Gasteiger partial charge in [-0.3, -0.25) is 0 Å². The molecule has 2 aromatic rings. The second-order valence-electron chi connectivity index (χ2n) is 4.64. The molecule has 1 aromatic carbocycles. The van der Waals surface area contributed by atoms with Crippen LogP contribution in [0, 0.1) is 6.92 Å². The van der Waals surface area contributed by atoms with Crippen molar-refractivity contribution in [2.45, 2.75) is 6.92 Å². The standard InChI is InChI=1S/C12H15N3O3.C7H8/c1-4-7-16-10-13-11(17-8-5-2)15-12(14-10)18-9-6-3;1-7-5-3-2-4-6-7/h4-6H,1-3,7-9H2;2-6H,1H3. The summed E-state index contributed by atoms with van der Waals surface area (Å²) < 4.78 is 15.6. The average Bonchev–Trinajstić information content (AvgIpc) is 2.64. The summed E-state index contributed by atoms with van der Waals surface area (Å²) in [4.78, 5) is 11.8.